The Kier molecular flexibility index (Phi) is 3.44. The van der Waals surface area contributed by atoms with E-state index in [1.807, 2.05) is 29.2 Å². The van der Waals surface area contributed by atoms with E-state index in [4.69, 9.17) is 9.26 Å². The minimum absolute atomic E-state index is 0.262. The predicted molar refractivity (Wildman–Crippen MR) is 79.2 cm³/mol. The summed E-state index contributed by atoms with van der Waals surface area (Å²) in [7, 11) is 0. The summed E-state index contributed by atoms with van der Waals surface area (Å²) >= 11 is 0. The van der Waals surface area contributed by atoms with Crippen molar-refractivity contribution in [2.45, 2.75) is 18.9 Å². The number of hydrogen-bond donors (Lipinski definition) is 0. The number of rotatable bonds is 4. The van der Waals surface area contributed by atoms with Crippen LogP contribution in [0.4, 0.5) is 0 Å². The SMILES string of the molecule is c1cn(Cc2ccc(-c3nc([C@H]4CCOC4)no3)cc2)cn1. The highest BCUT2D eigenvalue weighted by Gasteiger charge is 2.23. The molecule has 1 fully saturated rings. The van der Waals surface area contributed by atoms with Gasteiger partial charge >= 0.3 is 0 Å². The Morgan fingerprint density at radius 2 is 2.14 bits per heavy atom. The first-order valence-corrected chi connectivity index (χ1v) is 7.35. The van der Waals surface area contributed by atoms with E-state index in [9.17, 15) is 0 Å². The molecule has 3 heterocycles. The maximum Gasteiger partial charge on any atom is 0.257 e. The van der Waals surface area contributed by atoms with Gasteiger partial charge in [0.1, 0.15) is 0 Å². The fourth-order valence-electron chi connectivity index (χ4n) is 2.60. The molecule has 6 nitrogen and oxygen atoms in total. The molecule has 1 saturated heterocycles. The van der Waals surface area contributed by atoms with E-state index in [1.54, 1.807) is 6.20 Å². The molecular weight excluding hydrogens is 280 g/mol. The number of imidazole rings is 1. The molecule has 2 aromatic heterocycles. The molecule has 0 aliphatic carbocycles. The summed E-state index contributed by atoms with van der Waals surface area (Å²) in [6.45, 7) is 2.26. The zero-order valence-corrected chi connectivity index (χ0v) is 12.1. The number of hydrogen-bond acceptors (Lipinski definition) is 5. The van der Waals surface area contributed by atoms with Crippen molar-refractivity contribution in [1.82, 2.24) is 19.7 Å². The Morgan fingerprint density at radius 1 is 1.23 bits per heavy atom. The Labute approximate surface area is 127 Å². The van der Waals surface area contributed by atoms with Crippen molar-refractivity contribution in [3.63, 3.8) is 0 Å². The smallest absolute Gasteiger partial charge is 0.257 e. The lowest BCUT2D eigenvalue weighted by Gasteiger charge is -2.03. The van der Waals surface area contributed by atoms with Gasteiger partial charge in [-0.2, -0.15) is 4.98 Å². The van der Waals surface area contributed by atoms with Gasteiger partial charge in [0, 0.05) is 37.0 Å². The quantitative estimate of drug-likeness (QED) is 0.740. The van der Waals surface area contributed by atoms with Crippen molar-refractivity contribution in [3.05, 3.63) is 54.4 Å². The molecule has 0 saturated carbocycles. The van der Waals surface area contributed by atoms with Gasteiger partial charge in [0.15, 0.2) is 5.82 Å². The Bertz CT molecular complexity index is 728. The van der Waals surface area contributed by atoms with E-state index in [1.165, 1.54) is 5.56 Å². The minimum Gasteiger partial charge on any atom is -0.381 e. The van der Waals surface area contributed by atoms with E-state index in [2.05, 4.69) is 27.3 Å². The van der Waals surface area contributed by atoms with E-state index in [-0.39, 0.29) is 5.92 Å². The highest BCUT2D eigenvalue weighted by molar-refractivity contribution is 5.53. The fourth-order valence-corrected chi connectivity index (χ4v) is 2.60. The standard InChI is InChI=1S/C16H16N4O2/c1-3-13(4-2-12(1)9-20-7-6-17-11-20)16-18-15(19-22-16)14-5-8-21-10-14/h1-4,6-7,11,14H,5,8-10H2/t14-/m0/s1. The van der Waals surface area contributed by atoms with Gasteiger partial charge in [-0.05, 0) is 24.1 Å². The van der Waals surface area contributed by atoms with Crippen LogP contribution in [0.5, 0.6) is 0 Å². The lowest BCUT2D eigenvalue weighted by Crippen LogP contribution is -1.99. The maximum atomic E-state index is 5.38. The molecule has 112 valence electrons. The molecule has 3 aromatic rings. The second-order valence-corrected chi connectivity index (χ2v) is 5.45. The molecule has 0 amide bonds. The van der Waals surface area contributed by atoms with Gasteiger partial charge in [0.25, 0.3) is 5.89 Å². The van der Waals surface area contributed by atoms with E-state index < -0.39 is 0 Å². The van der Waals surface area contributed by atoms with E-state index in [0.717, 1.165) is 31.0 Å². The topological polar surface area (TPSA) is 66.0 Å². The van der Waals surface area contributed by atoms with Crippen molar-refractivity contribution in [1.29, 1.82) is 0 Å². The molecule has 0 spiro atoms. The first-order valence-electron chi connectivity index (χ1n) is 7.35. The summed E-state index contributed by atoms with van der Waals surface area (Å²) in [6, 6.07) is 8.15. The highest BCUT2D eigenvalue weighted by Crippen LogP contribution is 2.25. The third-order valence-electron chi connectivity index (χ3n) is 3.86. The van der Waals surface area contributed by atoms with Crippen molar-refractivity contribution in [2.75, 3.05) is 13.2 Å². The Hall–Kier alpha value is -2.47. The largest absolute Gasteiger partial charge is 0.381 e. The van der Waals surface area contributed by atoms with Crippen LogP contribution in [0.25, 0.3) is 11.5 Å². The van der Waals surface area contributed by atoms with Gasteiger partial charge in [-0.25, -0.2) is 4.98 Å². The summed E-state index contributed by atoms with van der Waals surface area (Å²) in [5.41, 5.74) is 2.14. The first-order chi connectivity index (χ1) is 10.9. The molecule has 1 aromatic carbocycles. The first kappa shape index (κ1) is 13.2. The molecule has 1 aliphatic heterocycles. The molecule has 0 bridgehead atoms. The predicted octanol–water partition coefficient (Wildman–Crippen LogP) is 2.49. The number of aromatic nitrogens is 4. The van der Waals surface area contributed by atoms with E-state index >= 15 is 0 Å². The zero-order valence-electron chi connectivity index (χ0n) is 12.1. The van der Waals surface area contributed by atoms with Crippen LogP contribution in [0.2, 0.25) is 0 Å². The van der Waals surface area contributed by atoms with Gasteiger partial charge in [-0.1, -0.05) is 17.3 Å². The molecule has 1 aliphatic rings. The second kappa shape index (κ2) is 5.73. The average molecular weight is 296 g/mol. The lowest BCUT2D eigenvalue weighted by molar-refractivity contribution is 0.192. The van der Waals surface area contributed by atoms with Crippen LogP contribution in [0, 0.1) is 0 Å². The van der Waals surface area contributed by atoms with Crippen molar-refractivity contribution >= 4 is 0 Å². The second-order valence-electron chi connectivity index (χ2n) is 5.45. The number of ether oxygens (including phenoxy) is 1. The van der Waals surface area contributed by atoms with Crippen LogP contribution in [-0.4, -0.2) is 32.9 Å². The van der Waals surface area contributed by atoms with Crippen LogP contribution in [0.3, 0.4) is 0 Å². The minimum atomic E-state index is 0.262. The summed E-state index contributed by atoms with van der Waals surface area (Å²) in [4.78, 5) is 8.54. The summed E-state index contributed by atoms with van der Waals surface area (Å²) in [6.07, 6.45) is 6.49. The molecule has 0 N–H and O–H groups in total. The molecule has 4 rings (SSSR count). The molecule has 0 radical (unpaired) electrons. The fraction of sp³-hybridized carbons (Fsp3) is 0.312. The van der Waals surface area contributed by atoms with Crippen LogP contribution in [0.15, 0.2) is 47.5 Å². The average Bonchev–Trinajstić information content (AvgIpc) is 3.30. The number of nitrogens with zero attached hydrogens (tertiary/aromatic N) is 4. The van der Waals surface area contributed by atoms with Crippen molar-refractivity contribution in [3.8, 4) is 11.5 Å². The summed E-state index contributed by atoms with van der Waals surface area (Å²) < 4.78 is 12.8. The lowest BCUT2D eigenvalue weighted by atomic mass is 10.1. The van der Waals surface area contributed by atoms with Gasteiger partial charge < -0.3 is 13.8 Å². The maximum absolute atomic E-state index is 5.38. The van der Waals surface area contributed by atoms with Gasteiger partial charge in [-0.15, -0.1) is 0 Å². The van der Waals surface area contributed by atoms with Crippen molar-refractivity contribution in [2.24, 2.45) is 0 Å². The van der Waals surface area contributed by atoms with Gasteiger partial charge in [-0.3, -0.25) is 0 Å². The van der Waals surface area contributed by atoms with Crippen LogP contribution in [-0.2, 0) is 11.3 Å². The summed E-state index contributed by atoms with van der Waals surface area (Å²) in [5.74, 6) is 1.57. The highest BCUT2D eigenvalue weighted by atomic mass is 16.5. The third-order valence-corrected chi connectivity index (χ3v) is 3.86. The number of benzene rings is 1. The monoisotopic (exact) mass is 296 g/mol. The third kappa shape index (κ3) is 2.65. The molecule has 1 atom stereocenters. The summed E-state index contributed by atoms with van der Waals surface area (Å²) in [5, 5.41) is 4.08. The molecule has 0 unspecified atom stereocenters. The van der Waals surface area contributed by atoms with Crippen LogP contribution in [0.1, 0.15) is 23.7 Å². The van der Waals surface area contributed by atoms with Gasteiger partial charge in [0.2, 0.25) is 0 Å². The molecule has 22 heavy (non-hydrogen) atoms. The zero-order chi connectivity index (χ0) is 14.8. The Balaban J connectivity index is 1.50. The molecular formula is C16H16N4O2. The van der Waals surface area contributed by atoms with Crippen molar-refractivity contribution < 1.29 is 9.26 Å². The van der Waals surface area contributed by atoms with Crippen LogP contribution < -0.4 is 0 Å². The normalized spacial score (nSPS) is 17.9. The molecule has 6 heteroatoms. The Morgan fingerprint density at radius 3 is 2.86 bits per heavy atom. The van der Waals surface area contributed by atoms with Crippen LogP contribution >= 0.6 is 0 Å². The van der Waals surface area contributed by atoms with Gasteiger partial charge in [0.05, 0.1) is 12.9 Å². The van der Waals surface area contributed by atoms with E-state index in [0.29, 0.717) is 12.5 Å².